The van der Waals surface area contributed by atoms with Gasteiger partial charge in [-0.15, -0.1) is 0 Å². The van der Waals surface area contributed by atoms with Gasteiger partial charge in [-0.25, -0.2) is 0 Å². The largest absolute Gasteiger partial charge is 0.493 e. The molecule has 0 unspecified atom stereocenters. The average Bonchev–Trinajstić information content (AvgIpc) is 2.79. The van der Waals surface area contributed by atoms with Gasteiger partial charge in [-0.2, -0.15) is 0 Å². The zero-order valence-electron chi connectivity index (χ0n) is 18.6. The van der Waals surface area contributed by atoms with Crippen molar-refractivity contribution < 1.29 is 23.8 Å². The first kappa shape index (κ1) is 22.6. The molecule has 1 atom stereocenters. The predicted octanol–water partition coefficient (Wildman–Crippen LogP) is 3.04. The summed E-state index contributed by atoms with van der Waals surface area (Å²) < 4.78 is 16.3. The van der Waals surface area contributed by atoms with Crippen molar-refractivity contribution in [3.8, 4) is 11.5 Å². The third-order valence-corrected chi connectivity index (χ3v) is 5.39. The number of rotatable bonds is 7. The second-order valence-corrected chi connectivity index (χ2v) is 7.70. The van der Waals surface area contributed by atoms with E-state index < -0.39 is 0 Å². The van der Waals surface area contributed by atoms with Crippen molar-refractivity contribution in [2.75, 3.05) is 40.0 Å². The fraction of sp³-hybridized carbons (Fsp3) is 0.417. The van der Waals surface area contributed by atoms with Gasteiger partial charge >= 0.3 is 0 Å². The number of ether oxygens (including phenoxy) is 3. The summed E-state index contributed by atoms with van der Waals surface area (Å²) in [4.78, 5) is 26.8. The molecule has 31 heavy (non-hydrogen) atoms. The summed E-state index contributed by atoms with van der Waals surface area (Å²) in [5, 5.41) is 3.04. The molecule has 3 rings (SSSR count). The second kappa shape index (κ2) is 10.3. The van der Waals surface area contributed by atoms with E-state index in [-0.39, 0.29) is 24.5 Å². The van der Waals surface area contributed by atoms with Crippen LogP contribution in [0.4, 0.5) is 0 Å². The van der Waals surface area contributed by atoms with Crippen molar-refractivity contribution in [2.45, 2.75) is 26.8 Å². The highest BCUT2D eigenvalue weighted by molar-refractivity contribution is 5.95. The number of aryl methyl sites for hydroxylation is 2. The Kier molecular flexibility index (Phi) is 7.52. The van der Waals surface area contributed by atoms with E-state index in [0.717, 1.165) is 16.7 Å². The molecule has 2 aromatic carbocycles. The van der Waals surface area contributed by atoms with E-state index in [1.807, 2.05) is 20.8 Å². The Balaban J connectivity index is 1.65. The number of carbonyl (C=O) groups excluding carboxylic acids is 2. The Labute approximate surface area is 183 Å². The van der Waals surface area contributed by atoms with Crippen LogP contribution >= 0.6 is 0 Å². The Morgan fingerprint density at radius 2 is 1.84 bits per heavy atom. The minimum absolute atomic E-state index is 0.0917. The Morgan fingerprint density at radius 1 is 1.10 bits per heavy atom. The maximum Gasteiger partial charge on any atom is 0.260 e. The summed E-state index contributed by atoms with van der Waals surface area (Å²) in [6.07, 6.45) is 0. The standard InChI is InChI=1S/C24H30N2O5/c1-16-5-6-17(2)20(13-16)18(3)25-24(28)19-7-8-21(22(14-19)29-4)31-15-23(27)26-9-11-30-12-10-26/h5-8,13-14,18H,9-12,15H2,1-4H3,(H,25,28)/t18-/m0/s1. The van der Waals surface area contributed by atoms with E-state index in [9.17, 15) is 9.59 Å². The van der Waals surface area contributed by atoms with Gasteiger partial charge in [0.25, 0.3) is 11.8 Å². The van der Waals surface area contributed by atoms with Crippen LogP contribution in [0.15, 0.2) is 36.4 Å². The first-order valence-corrected chi connectivity index (χ1v) is 10.4. The lowest BCUT2D eigenvalue weighted by atomic mass is 9.99. The first-order chi connectivity index (χ1) is 14.9. The van der Waals surface area contributed by atoms with Crippen LogP contribution in [-0.2, 0) is 9.53 Å². The zero-order chi connectivity index (χ0) is 22.4. The van der Waals surface area contributed by atoms with E-state index in [4.69, 9.17) is 14.2 Å². The molecule has 2 amide bonds. The van der Waals surface area contributed by atoms with Crippen molar-refractivity contribution in [1.82, 2.24) is 10.2 Å². The number of nitrogens with zero attached hydrogens (tertiary/aromatic N) is 1. The molecule has 0 bridgehead atoms. The number of morpholine rings is 1. The molecule has 1 aliphatic rings. The number of hydrogen-bond acceptors (Lipinski definition) is 5. The summed E-state index contributed by atoms with van der Waals surface area (Å²) in [7, 11) is 1.51. The number of benzene rings is 2. The lowest BCUT2D eigenvalue weighted by Crippen LogP contribution is -2.43. The van der Waals surface area contributed by atoms with Crippen LogP contribution in [-0.4, -0.2) is 56.7 Å². The van der Waals surface area contributed by atoms with Crippen LogP contribution < -0.4 is 14.8 Å². The van der Waals surface area contributed by atoms with Gasteiger partial charge in [0, 0.05) is 18.7 Å². The number of amides is 2. The molecule has 0 saturated carbocycles. The number of carbonyl (C=O) groups is 2. The van der Waals surface area contributed by atoms with Crippen LogP contribution in [0.2, 0.25) is 0 Å². The lowest BCUT2D eigenvalue weighted by Gasteiger charge is -2.26. The van der Waals surface area contributed by atoms with Gasteiger partial charge in [-0.05, 0) is 50.1 Å². The SMILES string of the molecule is COc1cc(C(=O)N[C@@H](C)c2cc(C)ccc2C)ccc1OCC(=O)N1CCOCC1. The fourth-order valence-electron chi connectivity index (χ4n) is 3.56. The minimum atomic E-state index is -0.206. The number of nitrogens with one attached hydrogen (secondary N) is 1. The zero-order valence-corrected chi connectivity index (χ0v) is 18.6. The quantitative estimate of drug-likeness (QED) is 0.736. The van der Waals surface area contributed by atoms with Crippen LogP contribution in [0.25, 0.3) is 0 Å². The summed E-state index contributed by atoms with van der Waals surface area (Å²) in [5.74, 6) is 0.516. The Morgan fingerprint density at radius 3 is 2.55 bits per heavy atom. The lowest BCUT2D eigenvalue weighted by molar-refractivity contribution is -0.137. The predicted molar refractivity (Wildman–Crippen MR) is 118 cm³/mol. The molecule has 0 aromatic heterocycles. The molecule has 1 N–H and O–H groups in total. The third-order valence-electron chi connectivity index (χ3n) is 5.39. The normalized spacial score (nSPS) is 14.6. The molecule has 166 valence electrons. The smallest absolute Gasteiger partial charge is 0.260 e. The van der Waals surface area contributed by atoms with Crippen LogP contribution in [0.5, 0.6) is 11.5 Å². The van der Waals surface area contributed by atoms with E-state index in [2.05, 4.69) is 23.5 Å². The molecule has 0 aliphatic carbocycles. The molecule has 0 radical (unpaired) electrons. The first-order valence-electron chi connectivity index (χ1n) is 10.4. The molecular formula is C24H30N2O5. The van der Waals surface area contributed by atoms with E-state index in [1.54, 1.807) is 23.1 Å². The number of hydrogen-bond donors (Lipinski definition) is 1. The topological polar surface area (TPSA) is 77.1 Å². The molecule has 1 saturated heterocycles. The highest BCUT2D eigenvalue weighted by Gasteiger charge is 2.19. The van der Waals surface area contributed by atoms with Gasteiger partial charge in [-0.1, -0.05) is 23.8 Å². The van der Waals surface area contributed by atoms with E-state index in [1.165, 1.54) is 7.11 Å². The maximum absolute atomic E-state index is 12.8. The van der Waals surface area contributed by atoms with E-state index in [0.29, 0.717) is 43.4 Å². The molecule has 1 heterocycles. The minimum Gasteiger partial charge on any atom is -0.493 e. The van der Waals surface area contributed by atoms with Crippen molar-refractivity contribution >= 4 is 11.8 Å². The average molecular weight is 427 g/mol. The van der Waals surface area contributed by atoms with Gasteiger partial charge in [0.15, 0.2) is 18.1 Å². The van der Waals surface area contributed by atoms with Gasteiger partial charge in [0.2, 0.25) is 0 Å². The number of methoxy groups -OCH3 is 1. The Hall–Kier alpha value is -3.06. The third kappa shape index (κ3) is 5.76. The molecular weight excluding hydrogens is 396 g/mol. The summed E-state index contributed by atoms with van der Waals surface area (Å²) in [6.45, 7) is 8.15. The van der Waals surface area contributed by atoms with Crippen LogP contribution in [0.3, 0.4) is 0 Å². The fourth-order valence-corrected chi connectivity index (χ4v) is 3.56. The summed E-state index contributed by atoms with van der Waals surface area (Å²) in [6, 6.07) is 11.0. The van der Waals surface area contributed by atoms with Crippen molar-refractivity contribution in [3.05, 3.63) is 58.7 Å². The molecule has 2 aromatic rings. The maximum atomic E-state index is 12.8. The van der Waals surface area contributed by atoms with Gasteiger partial charge < -0.3 is 24.4 Å². The highest BCUT2D eigenvalue weighted by atomic mass is 16.5. The molecule has 7 heteroatoms. The molecule has 1 aliphatic heterocycles. The van der Waals surface area contributed by atoms with Crippen molar-refractivity contribution in [3.63, 3.8) is 0 Å². The van der Waals surface area contributed by atoms with Gasteiger partial charge in [-0.3, -0.25) is 9.59 Å². The van der Waals surface area contributed by atoms with Gasteiger partial charge in [0.05, 0.1) is 26.4 Å². The molecule has 1 fully saturated rings. The Bertz CT molecular complexity index is 938. The molecule has 7 nitrogen and oxygen atoms in total. The monoisotopic (exact) mass is 426 g/mol. The van der Waals surface area contributed by atoms with Crippen LogP contribution in [0, 0.1) is 13.8 Å². The summed E-state index contributed by atoms with van der Waals surface area (Å²) in [5.41, 5.74) is 3.82. The van der Waals surface area contributed by atoms with Crippen molar-refractivity contribution in [2.24, 2.45) is 0 Å². The second-order valence-electron chi connectivity index (χ2n) is 7.70. The van der Waals surface area contributed by atoms with Crippen molar-refractivity contribution in [1.29, 1.82) is 0 Å². The summed E-state index contributed by atoms with van der Waals surface area (Å²) >= 11 is 0. The van der Waals surface area contributed by atoms with Gasteiger partial charge in [0.1, 0.15) is 0 Å². The van der Waals surface area contributed by atoms with E-state index >= 15 is 0 Å². The van der Waals surface area contributed by atoms with Crippen LogP contribution in [0.1, 0.15) is 40.0 Å². The molecule has 0 spiro atoms. The highest BCUT2D eigenvalue weighted by Crippen LogP contribution is 2.28.